The van der Waals surface area contributed by atoms with E-state index >= 15 is 0 Å². The summed E-state index contributed by atoms with van der Waals surface area (Å²) in [6.07, 6.45) is 3.96. The third kappa shape index (κ3) is 2.77. The Labute approximate surface area is 126 Å². The molecule has 0 radical (unpaired) electrons. The number of pyridine rings is 1. The maximum absolute atomic E-state index is 12.0. The van der Waals surface area contributed by atoms with Crippen LogP contribution in [0.15, 0.2) is 23.2 Å². The summed E-state index contributed by atoms with van der Waals surface area (Å²) in [4.78, 5) is 6.85. The monoisotopic (exact) mass is 310 g/mol. The van der Waals surface area contributed by atoms with Crippen molar-refractivity contribution >= 4 is 15.8 Å². The van der Waals surface area contributed by atoms with E-state index in [0.29, 0.717) is 12.0 Å². The van der Waals surface area contributed by atoms with Crippen LogP contribution in [-0.2, 0) is 10.0 Å². The molecule has 2 atom stereocenters. The van der Waals surface area contributed by atoms with Crippen molar-refractivity contribution in [2.45, 2.75) is 23.8 Å². The van der Waals surface area contributed by atoms with E-state index in [4.69, 9.17) is 0 Å². The predicted molar refractivity (Wildman–Crippen MR) is 81.8 cm³/mol. The highest BCUT2D eigenvalue weighted by Gasteiger charge is 2.34. The third-order valence-corrected chi connectivity index (χ3v) is 6.22. The van der Waals surface area contributed by atoms with Crippen LogP contribution >= 0.6 is 0 Å². The molecule has 0 spiro atoms. The van der Waals surface area contributed by atoms with Crippen LogP contribution in [0.4, 0.5) is 5.82 Å². The molecule has 0 bridgehead atoms. The molecule has 0 amide bonds. The van der Waals surface area contributed by atoms with Gasteiger partial charge in [0.05, 0.1) is 0 Å². The van der Waals surface area contributed by atoms with Crippen molar-refractivity contribution in [3.05, 3.63) is 18.3 Å². The van der Waals surface area contributed by atoms with Gasteiger partial charge in [-0.3, -0.25) is 0 Å². The molecule has 2 aliphatic heterocycles. The number of hydrogen-bond acceptors (Lipinski definition) is 5. The van der Waals surface area contributed by atoms with Crippen molar-refractivity contribution in [2.75, 3.05) is 38.6 Å². The van der Waals surface area contributed by atoms with Gasteiger partial charge in [-0.05, 0) is 37.4 Å². The summed E-state index contributed by atoms with van der Waals surface area (Å²) >= 11 is 0. The summed E-state index contributed by atoms with van der Waals surface area (Å²) in [6, 6.07) is 4.01. The topological polar surface area (TPSA) is 65.5 Å². The van der Waals surface area contributed by atoms with Crippen molar-refractivity contribution in [3.63, 3.8) is 0 Å². The first kappa shape index (κ1) is 14.7. The second kappa shape index (κ2) is 5.55. The van der Waals surface area contributed by atoms with Gasteiger partial charge >= 0.3 is 0 Å². The average molecular weight is 310 g/mol. The fourth-order valence-corrected chi connectivity index (χ4v) is 4.00. The number of piperidine rings is 1. The van der Waals surface area contributed by atoms with E-state index in [2.05, 4.69) is 15.2 Å². The summed E-state index contributed by atoms with van der Waals surface area (Å²) in [6.45, 7) is 3.06. The van der Waals surface area contributed by atoms with Crippen molar-refractivity contribution in [2.24, 2.45) is 5.92 Å². The van der Waals surface area contributed by atoms with E-state index in [-0.39, 0.29) is 4.90 Å². The minimum absolute atomic E-state index is 0.242. The van der Waals surface area contributed by atoms with Gasteiger partial charge in [-0.25, -0.2) is 17.7 Å². The Morgan fingerprint density at radius 1 is 1.33 bits per heavy atom. The second-order valence-corrected chi connectivity index (χ2v) is 8.16. The predicted octanol–water partition coefficient (Wildman–Crippen LogP) is 0.520. The van der Waals surface area contributed by atoms with E-state index in [9.17, 15) is 8.42 Å². The zero-order valence-electron chi connectivity index (χ0n) is 12.5. The van der Waals surface area contributed by atoms with Gasteiger partial charge in [-0.2, -0.15) is 0 Å². The highest BCUT2D eigenvalue weighted by molar-refractivity contribution is 7.89. The summed E-state index contributed by atoms with van der Waals surface area (Å²) in [5.74, 6) is 1.55. The first-order valence-electron chi connectivity index (χ1n) is 7.35. The van der Waals surface area contributed by atoms with Gasteiger partial charge in [-0.15, -0.1) is 0 Å². The molecule has 0 saturated carbocycles. The highest BCUT2D eigenvalue weighted by atomic mass is 32.2. The van der Waals surface area contributed by atoms with Gasteiger partial charge in [0.2, 0.25) is 10.0 Å². The lowest BCUT2D eigenvalue weighted by atomic mass is 9.94. The molecule has 2 fully saturated rings. The molecule has 3 rings (SSSR count). The molecule has 1 N–H and O–H groups in total. The SMILES string of the molecule is CN(C)S(=O)(=O)c1ccc(N2CC3CCCNC3C2)nc1. The third-order valence-electron chi connectivity index (χ3n) is 4.42. The molecule has 0 aliphatic carbocycles. The fraction of sp³-hybridized carbons (Fsp3) is 0.643. The van der Waals surface area contributed by atoms with Crippen LogP contribution in [0.5, 0.6) is 0 Å². The molecule has 0 aromatic carbocycles. The maximum atomic E-state index is 12.0. The number of fused-ring (bicyclic) bond motifs is 1. The van der Waals surface area contributed by atoms with Gasteiger partial charge in [0, 0.05) is 39.4 Å². The number of hydrogen-bond donors (Lipinski definition) is 1. The standard InChI is InChI=1S/C14H22N4O2S/c1-17(2)21(19,20)12-5-6-14(16-8-12)18-9-11-4-3-7-15-13(11)10-18/h5-6,8,11,13,15H,3-4,7,9-10H2,1-2H3. The summed E-state index contributed by atoms with van der Waals surface area (Å²) in [5.41, 5.74) is 0. The zero-order chi connectivity index (χ0) is 15.0. The molecule has 2 aliphatic rings. The lowest BCUT2D eigenvalue weighted by Crippen LogP contribution is -2.40. The quantitative estimate of drug-likeness (QED) is 0.882. The zero-order valence-corrected chi connectivity index (χ0v) is 13.3. The number of rotatable bonds is 3. The van der Waals surface area contributed by atoms with E-state index in [1.807, 2.05) is 6.07 Å². The number of sulfonamides is 1. The average Bonchev–Trinajstić information content (AvgIpc) is 2.91. The molecule has 6 nitrogen and oxygen atoms in total. The Hall–Kier alpha value is -1.18. The van der Waals surface area contributed by atoms with Crippen LogP contribution < -0.4 is 10.2 Å². The van der Waals surface area contributed by atoms with Crippen molar-refractivity contribution in [1.29, 1.82) is 0 Å². The first-order chi connectivity index (χ1) is 9.98. The number of nitrogens with zero attached hydrogens (tertiary/aromatic N) is 3. The molecule has 3 heterocycles. The van der Waals surface area contributed by atoms with Crippen LogP contribution in [0.25, 0.3) is 0 Å². The number of nitrogens with one attached hydrogen (secondary N) is 1. The van der Waals surface area contributed by atoms with Gasteiger partial charge in [0.1, 0.15) is 10.7 Å². The molecule has 116 valence electrons. The Kier molecular flexibility index (Phi) is 3.90. The number of anilines is 1. The van der Waals surface area contributed by atoms with Crippen molar-refractivity contribution in [3.8, 4) is 0 Å². The van der Waals surface area contributed by atoms with Crippen LogP contribution in [0.3, 0.4) is 0 Å². The molecule has 21 heavy (non-hydrogen) atoms. The van der Waals surface area contributed by atoms with Crippen LogP contribution in [-0.4, -0.2) is 57.5 Å². The number of aromatic nitrogens is 1. The Morgan fingerprint density at radius 2 is 2.14 bits per heavy atom. The van der Waals surface area contributed by atoms with E-state index in [1.165, 1.54) is 37.4 Å². The fourth-order valence-electron chi connectivity index (χ4n) is 3.16. The smallest absolute Gasteiger partial charge is 0.244 e. The van der Waals surface area contributed by atoms with Crippen LogP contribution in [0.2, 0.25) is 0 Å². The molecular formula is C14H22N4O2S. The summed E-state index contributed by atoms with van der Waals surface area (Å²) < 4.78 is 25.3. The lowest BCUT2D eigenvalue weighted by Gasteiger charge is -2.24. The first-order valence-corrected chi connectivity index (χ1v) is 8.79. The Bertz CT molecular complexity index is 586. The highest BCUT2D eigenvalue weighted by Crippen LogP contribution is 2.28. The minimum atomic E-state index is -3.40. The van der Waals surface area contributed by atoms with Gasteiger partial charge in [0.25, 0.3) is 0 Å². The van der Waals surface area contributed by atoms with Gasteiger partial charge in [-0.1, -0.05) is 0 Å². The second-order valence-electron chi connectivity index (χ2n) is 6.01. The normalized spacial score (nSPS) is 26.1. The molecular weight excluding hydrogens is 288 g/mol. The summed E-state index contributed by atoms with van der Waals surface area (Å²) in [7, 11) is -0.342. The van der Waals surface area contributed by atoms with Crippen molar-refractivity contribution in [1.82, 2.24) is 14.6 Å². The molecule has 2 unspecified atom stereocenters. The van der Waals surface area contributed by atoms with Crippen molar-refractivity contribution < 1.29 is 8.42 Å². The molecule has 1 aromatic rings. The summed E-state index contributed by atoms with van der Waals surface area (Å²) in [5, 5.41) is 3.56. The largest absolute Gasteiger partial charge is 0.355 e. The minimum Gasteiger partial charge on any atom is -0.355 e. The molecule has 2 saturated heterocycles. The van der Waals surface area contributed by atoms with Crippen LogP contribution in [0, 0.1) is 5.92 Å². The maximum Gasteiger partial charge on any atom is 0.244 e. The lowest BCUT2D eigenvalue weighted by molar-refractivity contribution is 0.340. The van der Waals surface area contributed by atoms with E-state index in [1.54, 1.807) is 6.07 Å². The van der Waals surface area contributed by atoms with Gasteiger partial charge < -0.3 is 10.2 Å². The van der Waals surface area contributed by atoms with Gasteiger partial charge in [0.15, 0.2) is 0 Å². The Balaban J connectivity index is 1.76. The molecule has 7 heteroatoms. The van der Waals surface area contributed by atoms with E-state index in [0.717, 1.165) is 25.5 Å². The Morgan fingerprint density at radius 3 is 2.76 bits per heavy atom. The van der Waals surface area contributed by atoms with Crippen LogP contribution in [0.1, 0.15) is 12.8 Å². The molecule has 1 aromatic heterocycles. The van der Waals surface area contributed by atoms with E-state index < -0.39 is 10.0 Å².